The lowest BCUT2D eigenvalue weighted by Crippen LogP contribution is -2.03. The third kappa shape index (κ3) is 2.75. The normalized spacial score (nSPS) is 12.1. The number of benzene rings is 2. The summed E-state index contributed by atoms with van der Waals surface area (Å²) in [6, 6.07) is 14.2. The molecular weight excluding hydrogens is 217 g/mol. The Labute approximate surface area is 99.8 Å². The van der Waals surface area contributed by atoms with E-state index in [-0.39, 0.29) is 11.8 Å². The number of hydrogen-bond donors (Lipinski definition) is 1. The molecule has 0 amide bonds. The van der Waals surface area contributed by atoms with Crippen molar-refractivity contribution in [2.75, 3.05) is 5.73 Å². The van der Waals surface area contributed by atoms with E-state index in [1.807, 2.05) is 37.3 Å². The maximum atomic E-state index is 13.0. The zero-order valence-electron chi connectivity index (χ0n) is 9.56. The van der Waals surface area contributed by atoms with E-state index < -0.39 is 5.82 Å². The average Bonchev–Trinajstić information content (AvgIpc) is 2.35. The smallest absolute Gasteiger partial charge is 0.146 e. The number of hydrogen-bond acceptors (Lipinski definition) is 2. The van der Waals surface area contributed by atoms with Crippen molar-refractivity contribution in [3.63, 3.8) is 0 Å². The average molecular weight is 231 g/mol. The lowest BCUT2D eigenvalue weighted by molar-refractivity contribution is 0.227. The van der Waals surface area contributed by atoms with Crippen molar-refractivity contribution in [1.82, 2.24) is 0 Å². The van der Waals surface area contributed by atoms with Gasteiger partial charge in [-0.3, -0.25) is 0 Å². The molecule has 1 atom stereocenters. The summed E-state index contributed by atoms with van der Waals surface area (Å²) in [5.41, 5.74) is 6.65. The van der Waals surface area contributed by atoms with Gasteiger partial charge in [0.25, 0.3) is 0 Å². The number of halogens is 1. The molecule has 0 aliphatic heterocycles. The molecule has 0 aliphatic rings. The molecule has 0 bridgehead atoms. The van der Waals surface area contributed by atoms with Gasteiger partial charge < -0.3 is 10.5 Å². The lowest BCUT2D eigenvalue weighted by atomic mass is 10.1. The SMILES string of the molecule is CC(Oc1ccc(F)c(N)c1)c1ccccc1. The van der Waals surface area contributed by atoms with Crippen molar-refractivity contribution in [3.8, 4) is 5.75 Å². The second-order valence-electron chi connectivity index (χ2n) is 3.85. The molecule has 2 nitrogen and oxygen atoms in total. The van der Waals surface area contributed by atoms with Crippen LogP contribution in [0.1, 0.15) is 18.6 Å². The third-order valence-electron chi connectivity index (χ3n) is 2.55. The van der Waals surface area contributed by atoms with Crippen LogP contribution in [-0.4, -0.2) is 0 Å². The lowest BCUT2D eigenvalue weighted by Gasteiger charge is -2.15. The van der Waals surface area contributed by atoms with E-state index in [9.17, 15) is 4.39 Å². The number of rotatable bonds is 3. The number of anilines is 1. The van der Waals surface area contributed by atoms with Crippen molar-refractivity contribution in [2.45, 2.75) is 13.0 Å². The van der Waals surface area contributed by atoms with Gasteiger partial charge in [-0.1, -0.05) is 30.3 Å². The summed E-state index contributed by atoms with van der Waals surface area (Å²) >= 11 is 0. The molecule has 2 rings (SSSR count). The van der Waals surface area contributed by atoms with E-state index >= 15 is 0 Å². The molecule has 0 aliphatic carbocycles. The van der Waals surface area contributed by atoms with Gasteiger partial charge in [-0.05, 0) is 24.6 Å². The Hall–Kier alpha value is -2.03. The van der Waals surface area contributed by atoms with E-state index in [1.165, 1.54) is 12.1 Å². The molecule has 0 heterocycles. The maximum Gasteiger partial charge on any atom is 0.146 e. The molecule has 0 saturated carbocycles. The topological polar surface area (TPSA) is 35.2 Å². The van der Waals surface area contributed by atoms with Gasteiger partial charge in [0, 0.05) is 6.07 Å². The van der Waals surface area contributed by atoms with Crippen molar-refractivity contribution in [3.05, 3.63) is 59.9 Å². The summed E-state index contributed by atoms with van der Waals surface area (Å²) in [6.45, 7) is 1.94. The van der Waals surface area contributed by atoms with Gasteiger partial charge in [0.15, 0.2) is 0 Å². The van der Waals surface area contributed by atoms with Crippen molar-refractivity contribution in [2.24, 2.45) is 0 Å². The van der Waals surface area contributed by atoms with Crippen LogP contribution in [0.25, 0.3) is 0 Å². The fraction of sp³-hybridized carbons (Fsp3) is 0.143. The van der Waals surface area contributed by atoms with Crippen molar-refractivity contribution in [1.29, 1.82) is 0 Å². The third-order valence-corrected chi connectivity index (χ3v) is 2.55. The Balaban J connectivity index is 2.13. The Morgan fingerprint density at radius 3 is 2.47 bits per heavy atom. The summed E-state index contributed by atoms with van der Waals surface area (Å²) in [4.78, 5) is 0. The van der Waals surface area contributed by atoms with Crippen LogP contribution < -0.4 is 10.5 Å². The van der Waals surface area contributed by atoms with Crippen LogP contribution in [0.5, 0.6) is 5.75 Å². The predicted molar refractivity (Wildman–Crippen MR) is 66.3 cm³/mol. The molecular formula is C14H14FNO. The highest BCUT2D eigenvalue weighted by Crippen LogP contribution is 2.24. The summed E-state index contributed by atoms with van der Waals surface area (Å²) in [6.07, 6.45) is -0.0962. The first-order valence-electron chi connectivity index (χ1n) is 5.43. The van der Waals surface area contributed by atoms with Crippen LogP contribution in [0.4, 0.5) is 10.1 Å². The van der Waals surface area contributed by atoms with Gasteiger partial charge >= 0.3 is 0 Å². The standard InChI is InChI=1S/C14H14FNO/c1-10(11-5-3-2-4-6-11)17-12-7-8-13(15)14(16)9-12/h2-10H,16H2,1H3. The van der Waals surface area contributed by atoms with Gasteiger partial charge in [-0.25, -0.2) is 4.39 Å². The quantitative estimate of drug-likeness (QED) is 0.820. The first kappa shape index (κ1) is 11.5. The van der Waals surface area contributed by atoms with Crippen LogP contribution in [-0.2, 0) is 0 Å². The van der Waals surface area contributed by atoms with Gasteiger partial charge in [0.1, 0.15) is 17.7 Å². The van der Waals surface area contributed by atoms with Crippen LogP contribution in [0.15, 0.2) is 48.5 Å². The molecule has 0 spiro atoms. The Bertz CT molecular complexity index is 499. The first-order chi connectivity index (χ1) is 8.16. The summed E-state index contributed by atoms with van der Waals surface area (Å²) in [5.74, 6) is 0.143. The number of ether oxygens (including phenoxy) is 1. The second kappa shape index (κ2) is 4.87. The number of nitrogen functional groups attached to an aromatic ring is 1. The number of nitrogens with two attached hydrogens (primary N) is 1. The molecule has 17 heavy (non-hydrogen) atoms. The molecule has 2 aromatic carbocycles. The van der Waals surface area contributed by atoms with E-state index in [1.54, 1.807) is 6.07 Å². The fourth-order valence-electron chi connectivity index (χ4n) is 1.59. The minimum atomic E-state index is -0.426. The maximum absolute atomic E-state index is 13.0. The van der Waals surface area contributed by atoms with Gasteiger partial charge in [0.05, 0.1) is 5.69 Å². The molecule has 3 heteroatoms. The van der Waals surface area contributed by atoms with E-state index in [0.29, 0.717) is 5.75 Å². The van der Waals surface area contributed by atoms with Crippen LogP contribution in [0.3, 0.4) is 0 Å². The second-order valence-corrected chi connectivity index (χ2v) is 3.85. The van der Waals surface area contributed by atoms with Crippen LogP contribution in [0.2, 0.25) is 0 Å². The fourth-order valence-corrected chi connectivity index (χ4v) is 1.59. The summed E-state index contributed by atoms with van der Waals surface area (Å²) in [5, 5.41) is 0. The molecule has 0 fully saturated rings. The highest BCUT2D eigenvalue weighted by Gasteiger charge is 2.07. The molecule has 1 unspecified atom stereocenters. The molecule has 88 valence electrons. The first-order valence-corrected chi connectivity index (χ1v) is 5.43. The van der Waals surface area contributed by atoms with Gasteiger partial charge in [-0.15, -0.1) is 0 Å². The zero-order chi connectivity index (χ0) is 12.3. The zero-order valence-corrected chi connectivity index (χ0v) is 9.56. The highest BCUT2D eigenvalue weighted by molar-refractivity contribution is 5.45. The van der Waals surface area contributed by atoms with E-state index in [2.05, 4.69) is 0 Å². The van der Waals surface area contributed by atoms with Crippen LogP contribution >= 0.6 is 0 Å². The molecule has 2 N–H and O–H groups in total. The monoisotopic (exact) mass is 231 g/mol. The highest BCUT2D eigenvalue weighted by atomic mass is 19.1. The largest absolute Gasteiger partial charge is 0.486 e. The molecule has 2 aromatic rings. The Morgan fingerprint density at radius 2 is 1.82 bits per heavy atom. The van der Waals surface area contributed by atoms with E-state index in [0.717, 1.165) is 5.56 Å². The minimum absolute atomic E-state index is 0.0962. The van der Waals surface area contributed by atoms with Gasteiger partial charge in [-0.2, -0.15) is 0 Å². The minimum Gasteiger partial charge on any atom is -0.486 e. The Kier molecular flexibility index (Phi) is 3.28. The van der Waals surface area contributed by atoms with Gasteiger partial charge in [0.2, 0.25) is 0 Å². The summed E-state index contributed by atoms with van der Waals surface area (Å²) < 4.78 is 18.7. The van der Waals surface area contributed by atoms with Crippen molar-refractivity contribution >= 4 is 5.69 Å². The molecule has 0 saturated heterocycles. The summed E-state index contributed by atoms with van der Waals surface area (Å²) in [7, 11) is 0. The molecule has 0 aromatic heterocycles. The Morgan fingerprint density at radius 1 is 1.12 bits per heavy atom. The predicted octanol–water partition coefficient (Wildman–Crippen LogP) is 3.55. The molecule has 0 radical (unpaired) electrons. The van der Waals surface area contributed by atoms with Crippen LogP contribution in [0, 0.1) is 5.82 Å². The van der Waals surface area contributed by atoms with Crippen molar-refractivity contribution < 1.29 is 9.13 Å². The van der Waals surface area contributed by atoms with E-state index in [4.69, 9.17) is 10.5 Å².